The Morgan fingerprint density at radius 3 is 1.72 bits per heavy atom. The van der Waals surface area contributed by atoms with E-state index < -0.39 is 5.41 Å². The Labute approximate surface area is 336 Å². The van der Waals surface area contributed by atoms with Crippen molar-refractivity contribution >= 4 is 39.0 Å². The lowest BCUT2D eigenvalue weighted by Gasteiger charge is -2.39. The monoisotopic (exact) mass is 741 g/mol. The first-order valence-corrected chi connectivity index (χ1v) is 19.8. The first-order chi connectivity index (χ1) is 28.8. The van der Waals surface area contributed by atoms with Gasteiger partial charge in [-0.2, -0.15) is 0 Å². The molecule has 1 aliphatic heterocycles. The van der Waals surface area contributed by atoms with Crippen LogP contribution in [-0.4, -0.2) is 0 Å². The van der Waals surface area contributed by atoms with Crippen molar-refractivity contribution in [2.45, 2.75) is 5.41 Å². The molecule has 2 aliphatic rings. The first-order valence-electron chi connectivity index (χ1n) is 19.8. The zero-order valence-corrected chi connectivity index (χ0v) is 31.5. The fraction of sp³-hybridized carbons (Fsp3) is 0.0182. The van der Waals surface area contributed by atoms with Crippen LogP contribution in [-0.2, 0) is 5.41 Å². The van der Waals surface area contributed by atoms with Crippen molar-refractivity contribution in [1.29, 1.82) is 0 Å². The lowest BCUT2D eigenvalue weighted by atomic mass is 9.66. The molecule has 0 fully saturated rings. The van der Waals surface area contributed by atoms with Gasteiger partial charge < -0.3 is 14.1 Å². The number of fused-ring (bicyclic) bond motifs is 12. The van der Waals surface area contributed by atoms with E-state index in [1.807, 2.05) is 12.1 Å². The average Bonchev–Trinajstić information content (AvgIpc) is 3.82. The van der Waals surface area contributed by atoms with Gasteiger partial charge in [-0.25, -0.2) is 0 Å². The number of furan rings is 1. The van der Waals surface area contributed by atoms with Gasteiger partial charge >= 0.3 is 0 Å². The predicted octanol–water partition coefficient (Wildman–Crippen LogP) is 14.9. The second kappa shape index (κ2) is 12.7. The molecule has 0 N–H and O–H groups in total. The van der Waals surface area contributed by atoms with E-state index in [1.54, 1.807) is 0 Å². The molecule has 0 atom stereocenters. The van der Waals surface area contributed by atoms with Crippen LogP contribution in [0.5, 0.6) is 11.5 Å². The van der Waals surface area contributed by atoms with Crippen molar-refractivity contribution in [3.05, 3.63) is 235 Å². The molecule has 3 heteroatoms. The minimum absolute atomic E-state index is 0.482. The summed E-state index contributed by atoms with van der Waals surface area (Å²) in [4.78, 5) is 2.32. The molecule has 0 unspecified atom stereocenters. The van der Waals surface area contributed by atoms with Gasteiger partial charge in [0.15, 0.2) is 0 Å². The number of nitrogens with zero attached hydrogens (tertiary/aromatic N) is 1. The van der Waals surface area contributed by atoms with Crippen molar-refractivity contribution in [1.82, 2.24) is 0 Å². The Kier molecular flexibility index (Phi) is 7.14. The molecule has 1 aromatic heterocycles. The lowest BCUT2D eigenvalue weighted by molar-refractivity contribution is 0.436. The number of rotatable bonds is 5. The van der Waals surface area contributed by atoms with Crippen LogP contribution in [0.25, 0.3) is 55.3 Å². The molecule has 9 aromatic carbocycles. The zero-order chi connectivity index (χ0) is 38.2. The van der Waals surface area contributed by atoms with E-state index in [2.05, 4.69) is 205 Å². The number of hydrogen-bond donors (Lipinski definition) is 0. The molecule has 0 bridgehead atoms. The third-order valence-electron chi connectivity index (χ3n) is 12.1. The smallest absolute Gasteiger partial charge is 0.143 e. The van der Waals surface area contributed by atoms with Gasteiger partial charge in [0, 0.05) is 44.5 Å². The molecule has 0 radical (unpaired) electrons. The number of anilines is 3. The molecule has 1 spiro atoms. The van der Waals surface area contributed by atoms with Gasteiger partial charge in [0.05, 0.1) is 5.41 Å². The Balaban J connectivity index is 0.961. The molecule has 0 amide bonds. The first kappa shape index (κ1) is 32.6. The maximum absolute atomic E-state index is 6.85. The van der Waals surface area contributed by atoms with Crippen LogP contribution in [0.2, 0.25) is 0 Å². The fourth-order valence-electron chi connectivity index (χ4n) is 9.65. The third-order valence-corrected chi connectivity index (χ3v) is 12.1. The maximum Gasteiger partial charge on any atom is 0.143 e. The van der Waals surface area contributed by atoms with E-state index in [4.69, 9.17) is 9.15 Å². The van der Waals surface area contributed by atoms with Gasteiger partial charge in [0.1, 0.15) is 22.7 Å². The van der Waals surface area contributed by atoms with Crippen molar-refractivity contribution < 1.29 is 9.15 Å². The Morgan fingerprint density at radius 1 is 0.345 bits per heavy atom. The second-order valence-corrected chi connectivity index (χ2v) is 15.2. The van der Waals surface area contributed by atoms with Crippen LogP contribution < -0.4 is 9.64 Å². The predicted molar refractivity (Wildman–Crippen MR) is 237 cm³/mol. The normalized spacial score (nSPS) is 13.1. The van der Waals surface area contributed by atoms with E-state index in [0.29, 0.717) is 0 Å². The number of benzene rings is 9. The minimum atomic E-state index is -0.482. The standard InChI is InChI=1S/C55H35NO2/c1-2-15-39(16-3-1)56(40-31-28-36(29-32-40)42-21-13-22-46-45-20-6-10-26-51(45)58-54(42)46)41-17-12-14-37(34-41)38-30-33-50-53(35-38)57-52-27-11-9-25-49(52)55(50)47-23-7-4-18-43(47)44-19-5-8-24-48(44)55/h1-35H. The average molecular weight is 742 g/mol. The van der Waals surface area contributed by atoms with E-state index >= 15 is 0 Å². The van der Waals surface area contributed by atoms with Gasteiger partial charge in [-0.1, -0.05) is 158 Å². The van der Waals surface area contributed by atoms with Crippen molar-refractivity contribution in [3.8, 4) is 44.9 Å². The minimum Gasteiger partial charge on any atom is -0.457 e. The molecular weight excluding hydrogens is 707 g/mol. The van der Waals surface area contributed by atoms with Gasteiger partial charge in [0.2, 0.25) is 0 Å². The summed E-state index contributed by atoms with van der Waals surface area (Å²) in [5.41, 5.74) is 16.4. The van der Waals surface area contributed by atoms with Crippen molar-refractivity contribution in [2.75, 3.05) is 4.90 Å². The molecule has 10 aromatic rings. The van der Waals surface area contributed by atoms with Gasteiger partial charge in [0.25, 0.3) is 0 Å². The van der Waals surface area contributed by atoms with Crippen LogP contribution in [0.1, 0.15) is 22.3 Å². The van der Waals surface area contributed by atoms with Gasteiger partial charge in [-0.3, -0.25) is 0 Å². The van der Waals surface area contributed by atoms with Crippen molar-refractivity contribution in [3.63, 3.8) is 0 Å². The molecule has 0 saturated heterocycles. The van der Waals surface area contributed by atoms with Crippen molar-refractivity contribution in [2.24, 2.45) is 0 Å². The topological polar surface area (TPSA) is 25.6 Å². The number of para-hydroxylation sites is 4. The third kappa shape index (κ3) is 4.74. The van der Waals surface area contributed by atoms with Crippen LogP contribution in [0, 0.1) is 0 Å². The maximum atomic E-state index is 6.85. The summed E-state index contributed by atoms with van der Waals surface area (Å²) in [6.07, 6.45) is 0. The highest BCUT2D eigenvalue weighted by Crippen LogP contribution is 2.62. The fourth-order valence-corrected chi connectivity index (χ4v) is 9.65. The summed E-state index contributed by atoms with van der Waals surface area (Å²) in [6.45, 7) is 0. The van der Waals surface area contributed by atoms with E-state index in [1.165, 1.54) is 27.8 Å². The summed E-state index contributed by atoms with van der Waals surface area (Å²) in [5, 5.41) is 2.26. The number of hydrogen-bond acceptors (Lipinski definition) is 3. The largest absolute Gasteiger partial charge is 0.457 e. The Morgan fingerprint density at radius 2 is 0.914 bits per heavy atom. The van der Waals surface area contributed by atoms with E-state index in [0.717, 1.165) is 78.3 Å². The summed E-state index contributed by atoms with van der Waals surface area (Å²) >= 11 is 0. The molecule has 2 heterocycles. The van der Waals surface area contributed by atoms with Crippen LogP contribution >= 0.6 is 0 Å². The summed E-state index contributed by atoms with van der Waals surface area (Å²) in [7, 11) is 0. The quantitative estimate of drug-likeness (QED) is 0.176. The highest BCUT2D eigenvalue weighted by atomic mass is 16.5. The molecular formula is C55H35NO2. The van der Waals surface area contributed by atoms with E-state index in [-0.39, 0.29) is 0 Å². The summed E-state index contributed by atoms with van der Waals surface area (Å²) in [5.74, 6) is 1.77. The van der Waals surface area contributed by atoms with Crippen LogP contribution in [0.3, 0.4) is 0 Å². The SMILES string of the molecule is c1ccc(N(c2ccc(-c3cccc4c3oc3ccccc34)cc2)c2cccc(-c3ccc4c(c3)Oc3ccccc3C43c4ccccc4-c4ccccc43)c2)cc1. The highest BCUT2D eigenvalue weighted by molar-refractivity contribution is 6.09. The Bertz CT molecular complexity index is 3170. The summed E-state index contributed by atoms with van der Waals surface area (Å²) < 4.78 is 13.2. The highest BCUT2D eigenvalue weighted by Gasteiger charge is 2.50. The molecule has 3 nitrogen and oxygen atoms in total. The number of ether oxygens (including phenoxy) is 1. The Hall–Kier alpha value is -7.62. The molecule has 58 heavy (non-hydrogen) atoms. The summed E-state index contributed by atoms with van der Waals surface area (Å²) in [6, 6.07) is 75.9. The molecule has 272 valence electrons. The molecule has 0 saturated carbocycles. The molecule has 1 aliphatic carbocycles. The van der Waals surface area contributed by atoms with Crippen LogP contribution in [0.4, 0.5) is 17.1 Å². The lowest BCUT2D eigenvalue weighted by Crippen LogP contribution is -2.32. The molecule has 12 rings (SSSR count). The van der Waals surface area contributed by atoms with Gasteiger partial charge in [-0.15, -0.1) is 0 Å². The van der Waals surface area contributed by atoms with Crippen LogP contribution in [0.15, 0.2) is 217 Å². The van der Waals surface area contributed by atoms with Gasteiger partial charge in [-0.05, 0) is 93.5 Å². The second-order valence-electron chi connectivity index (χ2n) is 15.2. The van der Waals surface area contributed by atoms with E-state index in [9.17, 15) is 0 Å². The zero-order valence-electron chi connectivity index (χ0n) is 31.5.